The first-order valence-electron chi connectivity index (χ1n) is 8.38. The Morgan fingerprint density at radius 3 is 2.31 bits per heavy atom. The minimum Gasteiger partial charge on any atom is -0.471 e. The second kappa shape index (κ2) is 9.09. The number of rotatable bonds is 7. The van der Waals surface area contributed by atoms with E-state index in [1.165, 1.54) is 6.07 Å². The summed E-state index contributed by atoms with van der Waals surface area (Å²) < 4.78 is 48.7. The largest absolute Gasteiger partial charge is 0.471 e. The number of hydrogen-bond acceptors (Lipinski definition) is 5. The molecule has 152 valence electrons. The first kappa shape index (κ1) is 21.5. The molecule has 0 aliphatic carbocycles. The number of pyridine rings is 1. The predicted molar refractivity (Wildman–Crippen MR) is 110 cm³/mol. The van der Waals surface area contributed by atoms with Gasteiger partial charge in [0.15, 0.2) is 5.82 Å². The van der Waals surface area contributed by atoms with Crippen molar-refractivity contribution in [3.05, 3.63) is 81.6 Å². The van der Waals surface area contributed by atoms with E-state index in [1.54, 1.807) is 18.2 Å². The monoisotopic (exact) mass is 455 g/mol. The van der Waals surface area contributed by atoms with Crippen molar-refractivity contribution in [2.24, 2.45) is 0 Å². The van der Waals surface area contributed by atoms with Crippen LogP contribution in [0.3, 0.4) is 0 Å². The fraction of sp³-hybridized carbons (Fsp3) is 0.150. The van der Waals surface area contributed by atoms with E-state index in [0.29, 0.717) is 15.6 Å². The van der Waals surface area contributed by atoms with Crippen LogP contribution < -0.4 is 4.74 Å². The van der Waals surface area contributed by atoms with Gasteiger partial charge in [-0.3, -0.25) is 4.18 Å². The van der Waals surface area contributed by atoms with Gasteiger partial charge in [-0.15, -0.1) is 0 Å². The topological polar surface area (TPSA) is 65.5 Å². The van der Waals surface area contributed by atoms with Crippen LogP contribution in [0.2, 0.25) is 10.0 Å². The van der Waals surface area contributed by atoms with Crippen molar-refractivity contribution < 1.29 is 21.7 Å². The molecule has 29 heavy (non-hydrogen) atoms. The van der Waals surface area contributed by atoms with Crippen LogP contribution in [0, 0.1) is 5.82 Å². The highest BCUT2D eigenvalue weighted by Gasteiger charge is 2.21. The lowest BCUT2D eigenvalue weighted by Gasteiger charge is -2.13. The molecule has 0 aliphatic heterocycles. The SMILES string of the molecule is COS(=O)(=O)Cc1cc(-c2cc(Cl)cc(Cl)c2)nc(OCc2ccccc2)c1F. The molecule has 0 saturated carbocycles. The van der Waals surface area contributed by atoms with Crippen molar-refractivity contribution in [3.8, 4) is 17.1 Å². The van der Waals surface area contributed by atoms with Gasteiger partial charge in [-0.05, 0) is 29.8 Å². The first-order valence-corrected chi connectivity index (χ1v) is 10.7. The van der Waals surface area contributed by atoms with Crippen molar-refractivity contribution >= 4 is 33.3 Å². The second-order valence-electron chi connectivity index (χ2n) is 6.09. The van der Waals surface area contributed by atoms with Crippen LogP contribution in [0.4, 0.5) is 4.39 Å². The van der Waals surface area contributed by atoms with Gasteiger partial charge in [-0.1, -0.05) is 53.5 Å². The summed E-state index contributed by atoms with van der Waals surface area (Å²) in [5, 5.41) is 0.716. The summed E-state index contributed by atoms with van der Waals surface area (Å²) in [6.07, 6.45) is 0. The van der Waals surface area contributed by atoms with Crippen molar-refractivity contribution in [2.75, 3.05) is 7.11 Å². The maximum Gasteiger partial charge on any atom is 0.271 e. The van der Waals surface area contributed by atoms with Gasteiger partial charge >= 0.3 is 0 Å². The summed E-state index contributed by atoms with van der Waals surface area (Å²) in [5.74, 6) is -1.89. The molecule has 2 aromatic carbocycles. The summed E-state index contributed by atoms with van der Waals surface area (Å²) in [4.78, 5) is 4.21. The van der Waals surface area contributed by atoms with Crippen LogP contribution in [0.15, 0.2) is 54.6 Å². The molecule has 0 radical (unpaired) electrons. The van der Waals surface area contributed by atoms with E-state index < -0.39 is 21.7 Å². The molecule has 9 heteroatoms. The first-order chi connectivity index (χ1) is 13.8. The Morgan fingerprint density at radius 2 is 1.69 bits per heavy atom. The third kappa shape index (κ3) is 5.67. The highest BCUT2D eigenvalue weighted by molar-refractivity contribution is 7.85. The summed E-state index contributed by atoms with van der Waals surface area (Å²) in [5.41, 5.74) is 1.41. The third-order valence-corrected chi connectivity index (χ3v) is 5.57. The van der Waals surface area contributed by atoms with Gasteiger partial charge < -0.3 is 4.74 Å². The van der Waals surface area contributed by atoms with Crippen molar-refractivity contribution in [3.63, 3.8) is 0 Å². The number of ether oxygens (including phenoxy) is 1. The zero-order chi connectivity index (χ0) is 21.0. The number of benzene rings is 2. The Hall–Kier alpha value is -2.19. The molecule has 1 aromatic heterocycles. The molecule has 3 rings (SSSR count). The quantitative estimate of drug-likeness (QED) is 0.455. The fourth-order valence-corrected chi connectivity index (χ4v) is 3.82. The summed E-state index contributed by atoms with van der Waals surface area (Å²) in [7, 11) is -2.96. The molecule has 0 saturated heterocycles. The van der Waals surface area contributed by atoms with E-state index in [2.05, 4.69) is 9.17 Å². The minimum atomic E-state index is -3.97. The lowest BCUT2D eigenvalue weighted by Crippen LogP contribution is -2.10. The van der Waals surface area contributed by atoms with E-state index >= 15 is 0 Å². The molecule has 0 N–H and O–H groups in total. The predicted octanol–water partition coefficient (Wildman–Crippen LogP) is 5.25. The highest BCUT2D eigenvalue weighted by Crippen LogP contribution is 2.31. The Labute approximate surface area is 178 Å². The van der Waals surface area contributed by atoms with Crippen LogP contribution in [0.1, 0.15) is 11.1 Å². The van der Waals surface area contributed by atoms with Crippen LogP contribution in [0.25, 0.3) is 11.3 Å². The number of halogens is 3. The fourth-order valence-electron chi connectivity index (χ4n) is 2.58. The number of hydrogen-bond donors (Lipinski definition) is 0. The standard InChI is InChI=1S/C20H16Cl2FNO4S/c1-27-29(25,26)12-15-9-18(14-7-16(21)10-17(22)8-14)24-20(19(15)23)28-11-13-5-3-2-4-6-13/h2-10H,11-12H2,1H3. The average molecular weight is 456 g/mol. The molecule has 3 aromatic rings. The van der Waals surface area contributed by atoms with E-state index in [1.807, 2.05) is 30.3 Å². The maximum absolute atomic E-state index is 14.9. The second-order valence-corrected chi connectivity index (χ2v) is 8.70. The minimum absolute atomic E-state index is 0.0565. The molecule has 0 fully saturated rings. The van der Waals surface area contributed by atoms with Crippen LogP contribution >= 0.6 is 23.2 Å². The van der Waals surface area contributed by atoms with Gasteiger partial charge in [0.25, 0.3) is 16.0 Å². The Balaban J connectivity index is 2.05. The smallest absolute Gasteiger partial charge is 0.271 e. The summed E-state index contributed by atoms with van der Waals surface area (Å²) in [6.45, 7) is 0.0565. The van der Waals surface area contributed by atoms with Crippen molar-refractivity contribution in [1.82, 2.24) is 4.98 Å². The molecule has 1 heterocycles. The normalized spacial score (nSPS) is 11.4. The van der Waals surface area contributed by atoms with Crippen LogP contribution in [0.5, 0.6) is 5.88 Å². The van der Waals surface area contributed by atoms with Gasteiger partial charge in [0, 0.05) is 21.2 Å². The molecule has 5 nitrogen and oxygen atoms in total. The average Bonchev–Trinajstić information content (AvgIpc) is 2.68. The molecule has 0 atom stereocenters. The summed E-state index contributed by atoms with van der Waals surface area (Å²) in [6, 6.07) is 15.1. The Bertz CT molecular complexity index is 1100. The zero-order valence-corrected chi connectivity index (χ0v) is 17.6. The highest BCUT2D eigenvalue weighted by atomic mass is 35.5. The molecule has 0 unspecified atom stereocenters. The lowest BCUT2D eigenvalue weighted by atomic mass is 10.1. The Kier molecular flexibility index (Phi) is 6.74. The molecule has 0 spiro atoms. The number of aromatic nitrogens is 1. The molecule has 0 amide bonds. The van der Waals surface area contributed by atoms with Crippen molar-refractivity contribution in [1.29, 1.82) is 0 Å². The number of nitrogens with zero attached hydrogens (tertiary/aromatic N) is 1. The van der Waals surface area contributed by atoms with Gasteiger partial charge in [-0.2, -0.15) is 8.42 Å². The Morgan fingerprint density at radius 1 is 1.03 bits per heavy atom. The molecule has 0 aliphatic rings. The van der Waals surface area contributed by atoms with E-state index in [0.717, 1.165) is 12.7 Å². The molecule has 0 bridgehead atoms. The van der Waals surface area contributed by atoms with Gasteiger partial charge in [0.2, 0.25) is 0 Å². The molecular formula is C20H16Cl2FNO4S. The maximum atomic E-state index is 14.9. The third-order valence-electron chi connectivity index (χ3n) is 3.97. The van der Waals surface area contributed by atoms with Crippen LogP contribution in [-0.2, 0) is 26.7 Å². The van der Waals surface area contributed by atoms with Gasteiger partial charge in [-0.25, -0.2) is 9.37 Å². The summed E-state index contributed by atoms with van der Waals surface area (Å²) >= 11 is 12.1. The lowest BCUT2D eigenvalue weighted by molar-refractivity contribution is 0.276. The van der Waals surface area contributed by atoms with E-state index in [-0.39, 0.29) is 23.7 Å². The zero-order valence-electron chi connectivity index (χ0n) is 15.2. The van der Waals surface area contributed by atoms with Crippen LogP contribution in [-0.4, -0.2) is 20.5 Å². The van der Waals surface area contributed by atoms with Gasteiger partial charge in [0.1, 0.15) is 12.4 Å². The van der Waals surface area contributed by atoms with Crippen molar-refractivity contribution in [2.45, 2.75) is 12.4 Å². The van der Waals surface area contributed by atoms with E-state index in [9.17, 15) is 12.8 Å². The molecular weight excluding hydrogens is 440 g/mol. The van der Waals surface area contributed by atoms with Gasteiger partial charge in [0.05, 0.1) is 12.8 Å². The van der Waals surface area contributed by atoms with E-state index in [4.69, 9.17) is 27.9 Å².